The lowest BCUT2D eigenvalue weighted by Gasteiger charge is -2.11. The first kappa shape index (κ1) is 21.1. The Kier molecular flexibility index (Phi) is 5.84. The number of nitrogen functional groups attached to an aromatic ring is 1. The smallest absolute Gasteiger partial charge is 0.330 e. The SMILES string of the molecule is C=CCn1c(SCC(=O)c2c(N)n(C3CC3)c(=O)[nH]c2=O)nnc1-c1ccc(Cl)cc1. The normalized spacial score (nSPS) is 13.3. The minimum Gasteiger partial charge on any atom is -0.384 e. The minimum absolute atomic E-state index is 0.0684. The number of rotatable bonds is 8. The van der Waals surface area contributed by atoms with Gasteiger partial charge >= 0.3 is 5.69 Å². The predicted octanol–water partition coefficient (Wildman–Crippen LogP) is 2.53. The summed E-state index contributed by atoms with van der Waals surface area (Å²) in [7, 11) is 0. The Bertz CT molecular complexity index is 1270. The van der Waals surface area contributed by atoms with Gasteiger partial charge < -0.3 is 5.73 Å². The first-order valence-electron chi connectivity index (χ1n) is 9.51. The maximum atomic E-state index is 12.8. The zero-order valence-electron chi connectivity index (χ0n) is 16.4. The molecule has 11 heteroatoms. The second kappa shape index (κ2) is 8.56. The van der Waals surface area contributed by atoms with E-state index >= 15 is 0 Å². The number of halogens is 1. The molecule has 0 bridgehead atoms. The summed E-state index contributed by atoms with van der Waals surface area (Å²) in [5.74, 6) is -0.0618. The van der Waals surface area contributed by atoms with Gasteiger partial charge in [-0.3, -0.25) is 23.7 Å². The van der Waals surface area contributed by atoms with Crippen LogP contribution in [0, 0.1) is 0 Å². The van der Waals surface area contributed by atoms with Gasteiger partial charge in [-0.25, -0.2) is 4.79 Å². The van der Waals surface area contributed by atoms with Gasteiger partial charge in [-0.2, -0.15) is 0 Å². The highest BCUT2D eigenvalue weighted by molar-refractivity contribution is 7.99. The molecule has 1 fully saturated rings. The van der Waals surface area contributed by atoms with E-state index in [9.17, 15) is 14.4 Å². The zero-order chi connectivity index (χ0) is 22.1. The molecule has 0 saturated heterocycles. The molecule has 0 atom stereocenters. The van der Waals surface area contributed by atoms with Crippen molar-refractivity contribution in [3.8, 4) is 11.4 Å². The van der Waals surface area contributed by atoms with Crippen molar-refractivity contribution in [3.05, 3.63) is 68.3 Å². The zero-order valence-corrected chi connectivity index (χ0v) is 17.9. The van der Waals surface area contributed by atoms with Crippen LogP contribution in [-0.4, -0.2) is 35.9 Å². The largest absolute Gasteiger partial charge is 0.384 e. The summed E-state index contributed by atoms with van der Waals surface area (Å²) in [6, 6.07) is 7.09. The maximum absolute atomic E-state index is 12.8. The molecule has 3 aromatic rings. The van der Waals surface area contributed by atoms with E-state index in [4.69, 9.17) is 17.3 Å². The number of thioether (sulfide) groups is 1. The van der Waals surface area contributed by atoms with Gasteiger partial charge in [0.1, 0.15) is 11.4 Å². The molecule has 3 N–H and O–H groups in total. The van der Waals surface area contributed by atoms with Crippen LogP contribution in [-0.2, 0) is 6.54 Å². The number of aromatic amines is 1. The van der Waals surface area contributed by atoms with Crippen molar-refractivity contribution in [2.24, 2.45) is 0 Å². The van der Waals surface area contributed by atoms with E-state index in [0.29, 0.717) is 22.5 Å². The first-order chi connectivity index (χ1) is 14.9. The van der Waals surface area contributed by atoms with E-state index in [2.05, 4.69) is 21.8 Å². The van der Waals surface area contributed by atoms with Crippen LogP contribution in [0.5, 0.6) is 0 Å². The topological polar surface area (TPSA) is 129 Å². The van der Waals surface area contributed by atoms with E-state index in [-0.39, 0.29) is 23.2 Å². The number of aromatic nitrogens is 5. The van der Waals surface area contributed by atoms with Crippen LogP contribution in [0.3, 0.4) is 0 Å². The Hall–Kier alpha value is -3.11. The standard InChI is InChI=1S/C20H19ClN6O3S/c1-2-9-26-17(11-3-5-12(21)6-4-11)24-25-20(26)31-10-14(28)15-16(22)27(13-7-8-13)19(30)23-18(15)29/h2-6,13H,1,7-10,22H2,(H,23,29,30). The molecule has 31 heavy (non-hydrogen) atoms. The number of nitrogens with zero attached hydrogens (tertiary/aromatic N) is 4. The highest BCUT2D eigenvalue weighted by atomic mass is 35.5. The Labute approximate surface area is 185 Å². The number of anilines is 1. The lowest BCUT2D eigenvalue weighted by molar-refractivity contribution is 0.102. The Balaban J connectivity index is 1.60. The van der Waals surface area contributed by atoms with Gasteiger partial charge in [-0.05, 0) is 37.1 Å². The molecule has 0 radical (unpaired) electrons. The molecule has 4 rings (SSSR count). The fourth-order valence-corrected chi connectivity index (χ4v) is 4.18. The molecular weight excluding hydrogens is 440 g/mol. The highest BCUT2D eigenvalue weighted by Gasteiger charge is 2.30. The van der Waals surface area contributed by atoms with Crippen LogP contribution in [0.2, 0.25) is 5.02 Å². The van der Waals surface area contributed by atoms with Crippen LogP contribution in [0.4, 0.5) is 5.82 Å². The van der Waals surface area contributed by atoms with E-state index in [1.807, 2.05) is 16.7 Å². The molecule has 9 nitrogen and oxygen atoms in total. The molecule has 0 aliphatic heterocycles. The molecule has 1 aliphatic rings. The molecule has 0 unspecified atom stereocenters. The number of hydrogen-bond acceptors (Lipinski definition) is 7. The fraction of sp³-hybridized carbons (Fsp3) is 0.250. The van der Waals surface area contributed by atoms with E-state index in [1.54, 1.807) is 18.2 Å². The van der Waals surface area contributed by atoms with Crippen LogP contribution in [0.1, 0.15) is 29.2 Å². The summed E-state index contributed by atoms with van der Waals surface area (Å²) < 4.78 is 3.10. The second-order valence-electron chi connectivity index (χ2n) is 7.04. The number of ketones is 1. The Morgan fingerprint density at radius 3 is 2.65 bits per heavy atom. The average Bonchev–Trinajstić information content (AvgIpc) is 3.47. The molecule has 2 heterocycles. The number of carbonyl (C=O) groups is 1. The van der Waals surface area contributed by atoms with Gasteiger partial charge in [0.15, 0.2) is 16.8 Å². The summed E-state index contributed by atoms with van der Waals surface area (Å²) in [5, 5.41) is 9.51. The third kappa shape index (κ3) is 4.21. The average molecular weight is 459 g/mol. The maximum Gasteiger partial charge on any atom is 0.330 e. The summed E-state index contributed by atoms with van der Waals surface area (Å²) >= 11 is 7.09. The number of allylic oxidation sites excluding steroid dienone is 1. The molecule has 1 aliphatic carbocycles. The van der Waals surface area contributed by atoms with E-state index < -0.39 is 17.0 Å². The van der Waals surface area contributed by atoms with Crippen LogP contribution < -0.4 is 17.0 Å². The van der Waals surface area contributed by atoms with Crippen molar-refractivity contribution in [3.63, 3.8) is 0 Å². The van der Waals surface area contributed by atoms with Crippen molar-refractivity contribution in [1.82, 2.24) is 24.3 Å². The molecule has 0 amide bonds. The first-order valence-corrected chi connectivity index (χ1v) is 10.9. The van der Waals surface area contributed by atoms with E-state index in [0.717, 1.165) is 30.2 Å². The monoisotopic (exact) mass is 458 g/mol. The molecule has 160 valence electrons. The lowest BCUT2D eigenvalue weighted by Crippen LogP contribution is -2.36. The Morgan fingerprint density at radius 1 is 1.29 bits per heavy atom. The molecule has 0 spiro atoms. The van der Waals surface area contributed by atoms with E-state index in [1.165, 1.54) is 4.57 Å². The summed E-state index contributed by atoms with van der Waals surface area (Å²) in [5.41, 5.74) is 5.26. The minimum atomic E-state index is -0.778. The summed E-state index contributed by atoms with van der Waals surface area (Å²) in [4.78, 5) is 39.3. The van der Waals surface area contributed by atoms with Gasteiger partial charge in [0, 0.05) is 23.2 Å². The Morgan fingerprint density at radius 2 is 2.00 bits per heavy atom. The predicted molar refractivity (Wildman–Crippen MR) is 120 cm³/mol. The fourth-order valence-electron chi connectivity index (χ4n) is 3.23. The van der Waals surface area contributed by atoms with Crippen molar-refractivity contribution in [2.75, 3.05) is 11.5 Å². The van der Waals surface area contributed by atoms with Crippen LogP contribution in [0.25, 0.3) is 11.4 Å². The highest BCUT2D eigenvalue weighted by Crippen LogP contribution is 2.35. The summed E-state index contributed by atoms with van der Waals surface area (Å²) in [6.45, 7) is 4.19. The van der Waals surface area contributed by atoms with Gasteiger partial charge in [0.25, 0.3) is 5.56 Å². The van der Waals surface area contributed by atoms with Crippen molar-refractivity contribution in [2.45, 2.75) is 30.6 Å². The van der Waals surface area contributed by atoms with Gasteiger partial charge in [0.05, 0.1) is 5.75 Å². The summed E-state index contributed by atoms with van der Waals surface area (Å²) in [6.07, 6.45) is 3.27. The molecule has 1 aromatic carbocycles. The number of hydrogen-bond donors (Lipinski definition) is 2. The molecule has 1 saturated carbocycles. The van der Waals surface area contributed by atoms with Gasteiger partial charge in [0.2, 0.25) is 0 Å². The quantitative estimate of drug-likeness (QED) is 0.301. The number of carbonyl (C=O) groups excluding carboxylic acids is 1. The van der Waals surface area contributed by atoms with Crippen LogP contribution >= 0.6 is 23.4 Å². The van der Waals surface area contributed by atoms with Gasteiger partial charge in [-0.1, -0.05) is 29.4 Å². The molecule has 2 aromatic heterocycles. The van der Waals surface area contributed by atoms with Crippen molar-refractivity contribution >= 4 is 35.0 Å². The number of nitrogens with one attached hydrogen (secondary N) is 1. The number of Topliss-reactive ketones (excluding diaryl/α,β-unsaturated/α-hetero) is 1. The lowest BCUT2D eigenvalue weighted by atomic mass is 10.2. The number of nitrogens with two attached hydrogens (primary N) is 1. The number of H-pyrrole nitrogens is 1. The second-order valence-corrected chi connectivity index (χ2v) is 8.42. The number of benzene rings is 1. The third-order valence-corrected chi connectivity index (χ3v) is 6.05. The van der Waals surface area contributed by atoms with Crippen LogP contribution in [0.15, 0.2) is 51.7 Å². The van der Waals surface area contributed by atoms with Gasteiger partial charge in [-0.15, -0.1) is 16.8 Å². The third-order valence-electron chi connectivity index (χ3n) is 4.84. The van der Waals surface area contributed by atoms with Crippen molar-refractivity contribution < 1.29 is 4.79 Å². The van der Waals surface area contributed by atoms with Crippen molar-refractivity contribution in [1.29, 1.82) is 0 Å². The molecular formula is C20H19ClN6O3S.